The fourth-order valence-electron chi connectivity index (χ4n) is 5.09. The lowest BCUT2D eigenvalue weighted by molar-refractivity contribution is -0.139. The van der Waals surface area contributed by atoms with Gasteiger partial charge in [-0.25, -0.2) is 0 Å². The van der Waals surface area contributed by atoms with E-state index in [2.05, 4.69) is 41.4 Å². The van der Waals surface area contributed by atoms with E-state index in [1.807, 2.05) is 4.90 Å². The van der Waals surface area contributed by atoms with Crippen LogP contribution in [0, 0.1) is 13.8 Å². The summed E-state index contributed by atoms with van der Waals surface area (Å²) in [6.45, 7) is 6.78. The average Bonchev–Trinajstić information content (AvgIpc) is 3.11. The van der Waals surface area contributed by atoms with E-state index in [4.69, 9.17) is 4.74 Å². The third-order valence-electron chi connectivity index (χ3n) is 7.28. The highest BCUT2D eigenvalue weighted by Crippen LogP contribution is 2.34. The van der Waals surface area contributed by atoms with E-state index in [1.54, 1.807) is 6.07 Å². The van der Waals surface area contributed by atoms with Crippen LogP contribution in [0.15, 0.2) is 42.5 Å². The van der Waals surface area contributed by atoms with Crippen molar-refractivity contribution in [1.82, 2.24) is 4.90 Å². The Morgan fingerprint density at radius 1 is 0.972 bits per heavy atom. The van der Waals surface area contributed by atoms with Gasteiger partial charge in [0.2, 0.25) is 5.91 Å². The van der Waals surface area contributed by atoms with Crippen LogP contribution in [0.4, 0.5) is 24.5 Å². The first-order valence-corrected chi connectivity index (χ1v) is 12.8. The van der Waals surface area contributed by atoms with Crippen molar-refractivity contribution >= 4 is 17.3 Å². The molecule has 2 aliphatic rings. The van der Waals surface area contributed by atoms with Crippen LogP contribution in [0.5, 0.6) is 0 Å². The van der Waals surface area contributed by atoms with Crippen molar-refractivity contribution in [3.8, 4) is 0 Å². The molecule has 2 aromatic rings. The molecule has 1 aliphatic carbocycles. The maximum Gasteiger partial charge on any atom is 0.416 e. The molecule has 36 heavy (non-hydrogen) atoms. The zero-order valence-corrected chi connectivity index (χ0v) is 21.1. The topological polar surface area (TPSA) is 44.8 Å². The fraction of sp³-hybridized carbons (Fsp3) is 0.536. The molecule has 0 atom stereocenters. The van der Waals surface area contributed by atoms with Crippen molar-refractivity contribution in [2.24, 2.45) is 0 Å². The number of rotatable bonds is 6. The normalized spacial score (nSPS) is 21.2. The van der Waals surface area contributed by atoms with E-state index in [1.165, 1.54) is 30.3 Å². The Bertz CT molecular complexity index is 1020. The standard InChI is InChI=1S/C28H36F3N3O2/c1-20-4-10-24(11-5-20)33-14-3-15-34(17-16-33)27(35)19-36-25-12-8-22(9-13-25)32-23-7-6-21(2)26(18-23)28(29,30)31/h4-7,10-11,18,22,25,32H,3,8-9,12-17,19H2,1-2H3. The van der Waals surface area contributed by atoms with E-state index in [-0.39, 0.29) is 30.2 Å². The number of hydrogen-bond acceptors (Lipinski definition) is 4. The van der Waals surface area contributed by atoms with Crippen LogP contribution in [0.2, 0.25) is 0 Å². The van der Waals surface area contributed by atoms with Crippen molar-refractivity contribution in [2.45, 2.75) is 64.3 Å². The van der Waals surface area contributed by atoms with Gasteiger partial charge >= 0.3 is 6.18 Å². The van der Waals surface area contributed by atoms with Gasteiger partial charge in [-0.1, -0.05) is 23.8 Å². The number of halogens is 3. The zero-order chi connectivity index (χ0) is 25.7. The third kappa shape index (κ3) is 6.93. The Morgan fingerprint density at radius 3 is 2.39 bits per heavy atom. The minimum absolute atomic E-state index is 0.00629. The summed E-state index contributed by atoms with van der Waals surface area (Å²) in [6.07, 6.45) is -0.273. The first-order valence-electron chi connectivity index (χ1n) is 12.8. The number of carbonyl (C=O) groups excluding carboxylic acids is 1. The molecule has 1 amide bonds. The highest BCUT2D eigenvalue weighted by Gasteiger charge is 2.33. The van der Waals surface area contributed by atoms with Gasteiger partial charge in [0.25, 0.3) is 0 Å². The summed E-state index contributed by atoms with van der Waals surface area (Å²) in [5.74, 6) is 0.0281. The number of carbonyl (C=O) groups is 1. The van der Waals surface area contributed by atoms with Crippen molar-refractivity contribution in [1.29, 1.82) is 0 Å². The number of nitrogens with one attached hydrogen (secondary N) is 1. The SMILES string of the molecule is Cc1ccc(N2CCCN(C(=O)COC3CCC(Nc4ccc(C)c(C(F)(F)F)c4)CC3)CC2)cc1. The van der Waals surface area contributed by atoms with Gasteiger partial charge in [-0.05, 0) is 75.8 Å². The second-order valence-corrected chi connectivity index (χ2v) is 10.0. The number of amides is 1. The molecule has 0 radical (unpaired) electrons. The predicted octanol–water partition coefficient (Wildman–Crippen LogP) is 5.80. The molecule has 2 fully saturated rings. The molecule has 4 rings (SSSR count). The Labute approximate surface area is 211 Å². The summed E-state index contributed by atoms with van der Waals surface area (Å²) >= 11 is 0. The number of nitrogens with zero attached hydrogens (tertiary/aromatic N) is 2. The van der Waals surface area contributed by atoms with Gasteiger partial charge in [0.05, 0.1) is 11.7 Å². The van der Waals surface area contributed by atoms with Gasteiger partial charge < -0.3 is 19.9 Å². The third-order valence-corrected chi connectivity index (χ3v) is 7.28. The highest BCUT2D eigenvalue weighted by atomic mass is 19.4. The monoisotopic (exact) mass is 503 g/mol. The van der Waals surface area contributed by atoms with Gasteiger partial charge in [-0.15, -0.1) is 0 Å². The maximum atomic E-state index is 13.2. The van der Waals surface area contributed by atoms with Crippen LogP contribution < -0.4 is 10.2 Å². The summed E-state index contributed by atoms with van der Waals surface area (Å²) in [7, 11) is 0. The number of alkyl halides is 3. The van der Waals surface area contributed by atoms with Crippen LogP contribution in [0.3, 0.4) is 0 Å². The quantitative estimate of drug-likeness (QED) is 0.541. The molecular weight excluding hydrogens is 467 g/mol. The molecule has 2 aromatic carbocycles. The van der Waals surface area contributed by atoms with E-state index in [9.17, 15) is 18.0 Å². The molecule has 1 saturated carbocycles. The summed E-state index contributed by atoms with van der Waals surface area (Å²) in [5, 5.41) is 3.25. The average molecular weight is 504 g/mol. The zero-order valence-electron chi connectivity index (χ0n) is 21.1. The van der Waals surface area contributed by atoms with Crippen LogP contribution in [0.1, 0.15) is 48.8 Å². The fourth-order valence-corrected chi connectivity index (χ4v) is 5.09. The van der Waals surface area contributed by atoms with Gasteiger partial charge in [-0.2, -0.15) is 13.2 Å². The first kappa shape index (κ1) is 26.3. The molecule has 0 bridgehead atoms. The lowest BCUT2D eigenvalue weighted by Gasteiger charge is -2.30. The van der Waals surface area contributed by atoms with Crippen molar-refractivity contribution in [3.63, 3.8) is 0 Å². The molecule has 8 heteroatoms. The van der Waals surface area contributed by atoms with Gasteiger partial charge in [-0.3, -0.25) is 4.79 Å². The van der Waals surface area contributed by atoms with E-state index in [0.29, 0.717) is 12.2 Å². The molecule has 196 valence electrons. The van der Waals surface area contributed by atoms with Crippen molar-refractivity contribution in [2.75, 3.05) is 43.0 Å². The first-order chi connectivity index (χ1) is 17.2. The van der Waals surface area contributed by atoms with Crippen LogP contribution >= 0.6 is 0 Å². The Hall–Kier alpha value is -2.74. The predicted molar refractivity (Wildman–Crippen MR) is 136 cm³/mol. The van der Waals surface area contributed by atoms with E-state index < -0.39 is 11.7 Å². The van der Waals surface area contributed by atoms with E-state index >= 15 is 0 Å². The van der Waals surface area contributed by atoms with Gasteiger partial charge in [0.1, 0.15) is 6.61 Å². The molecule has 1 aliphatic heterocycles. The smallest absolute Gasteiger partial charge is 0.382 e. The molecule has 1 saturated heterocycles. The molecule has 5 nitrogen and oxygen atoms in total. The van der Waals surface area contributed by atoms with Crippen LogP contribution in [-0.2, 0) is 15.7 Å². The number of benzene rings is 2. The van der Waals surface area contributed by atoms with Gasteiger partial charge in [0.15, 0.2) is 0 Å². The largest absolute Gasteiger partial charge is 0.416 e. The molecule has 0 spiro atoms. The number of hydrogen-bond donors (Lipinski definition) is 1. The Kier molecular flexibility index (Phi) is 8.44. The van der Waals surface area contributed by atoms with Crippen molar-refractivity contribution < 1.29 is 22.7 Å². The number of ether oxygens (including phenoxy) is 1. The molecule has 1 N–H and O–H groups in total. The molecule has 0 unspecified atom stereocenters. The Balaban J connectivity index is 1.19. The highest BCUT2D eigenvalue weighted by molar-refractivity contribution is 5.77. The second kappa shape index (κ2) is 11.5. The molecule has 1 heterocycles. The minimum atomic E-state index is -4.36. The molecular formula is C28H36F3N3O2. The summed E-state index contributed by atoms with van der Waals surface area (Å²) in [4.78, 5) is 17.0. The second-order valence-electron chi connectivity index (χ2n) is 10.0. The summed E-state index contributed by atoms with van der Waals surface area (Å²) in [6, 6.07) is 13.0. The molecule has 0 aromatic heterocycles. The number of aryl methyl sites for hydroxylation is 2. The summed E-state index contributed by atoms with van der Waals surface area (Å²) < 4.78 is 45.6. The number of anilines is 2. The Morgan fingerprint density at radius 2 is 1.69 bits per heavy atom. The lowest BCUT2D eigenvalue weighted by atomic mass is 9.92. The minimum Gasteiger partial charge on any atom is -0.382 e. The van der Waals surface area contributed by atoms with Gasteiger partial charge in [0, 0.05) is 43.6 Å². The van der Waals surface area contributed by atoms with Crippen LogP contribution in [-0.4, -0.2) is 55.7 Å². The van der Waals surface area contributed by atoms with Crippen LogP contribution in [0.25, 0.3) is 0 Å². The maximum absolute atomic E-state index is 13.2. The summed E-state index contributed by atoms with van der Waals surface area (Å²) in [5.41, 5.74) is 2.55. The lowest BCUT2D eigenvalue weighted by Crippen LogP contribution is -2.39. The van der Waals surface area contributed by atoms with Crippen molar-refractivity contribution in [3.05, 3.63) is 59.2 Å². The van der Waals surface area contributed by atoms with E-state index in [0.717, 1.165) is 51.7 Å².